The second kappa shape index (κ2) is 5.26. The molecule has 0 heterocycles. The highest BCUT2D eigenvalue weighted by molar-refractivity contribution is 5.27. The van der Waals surface area contributed by atoms with Crippen molar-refractivity contribution in [2.45, 2.75) is 46.5 Å². The molecule has 74 valence electrons. The molecule has 1 aliphatic carbocycles. The summed E-state index contributed by atoms with van der Waals surface area (Å²) in [7, 11) is 0. The molecule has 0 aromatic heterocycles. The van der Waals surface area contributed by atoms with Gasteiger partial charge in [-0.05, 0) is 24.7 Å². The molecule has 0 aromatic rings. The Labute approximate surface area is 82.7 Å². The van der Waals surface area contributed by atoms with E-state index in [1.165, 1.54) is 25.7 Å². The molecule has 1 atom stereocenters. The highest BCUT2D eigenvalue weighted by Gasteiger charge is 2.14. The molecule has 0 saturated heterocycles. The first-order valence-corrected chi connectivity index (χ1v) is 5.61. The molecule has 0 fully saturated rings. The van der Waals surface area contributed by atoms with Crippen molar-refractivity contribution >= 4 is 0 Å². The number of hydrogen-bond donors (Lipinski definition) is 0. The lowest BCUT2D eigenvalue weighted by molar-refractivity contribution is 0.556. The van der Waals surface area contributed by atoms with Gasteiger partial charge in [-0.3, -0.25) is 0 Å². The van der Waals surface area contributed by atoms with Gasteiger partial charge in [0.05, 0.1) is 0 Å². The number of rotatable bonds is 5. The average Bonchev–Trinajstić information content (AvgIpc) is 2.48. The molecule has 0 bridgehead atoms. The van der Waals surface area contributed by atoms with E-state index in [0.29, 0.717) is 0 Å². The molecule has 1 rings (SSSR count). The first-order valence-electron chi connectivity index (χ1n) is 5.61. The lowest BCUT2D eigenvalue weighted by Gasteiger charge is -2.15. The fourth-order valence-electron chi connectivity index (χ4n) is 1.96. The molecule has 1 unspecified atom stereocenters. The van der Waals surface area contributed by atoms with Crippen molar-refractivity contribution in [3.8, 4) is 0 Å². The summed E-state index contributed by atoms with van der Waals surface area (Å²) in [5.74, 6) is 1.57. The van der Waals surface area contributed by atoms with Crippen molar-refractivity contribution in [3.63, 3.8) is 0 Å². The van der Waals surface area contributed by atoms with Gasteiger partial charge in [-0.1, -0.05) is 57.4 Å². The molecule has 0 radical (unpaired) electrons. The minimum atomic E-state index is 0.766. The van der Waals surface area contributed by atoms with Gasteiger partial charge >= 0.3 is 0 Å². The van der Waals surface area contributed by atoms with Gasteiger partial charge in [0, 0.05) is 0 Å². The second-order valence-corrected chi connectivity index (χ2v) is 4.47. The second-order valence-electron chi connectivity index (χ2n) is 4.47. The molecule has 0 aromatic carbocycles. The summed E-state index contributed by atoms with van der Waals surface area (Å²) in [4.78, 5) is 0. The van der Waals surface area contributed by atoms with Gasteiger partial charge in [0.2, 0.25) is 0 Å². The molecule has 0 N–H and O–H groups in total. The van der Waals surface area contributed by atoms with Crippen LogP contribution in [0.3, 0.4) is 0 Å². The number of hydrogen-bond acceptors (Lipinski definition) is 0. The van der Waals surface area contributed by atoms with Crippen molar-refractivity contribution in [2.75, 3.05) is 0 Å². The van der Waals surface area contributed by atoms with Gasteiger partial charge in [-0.25, -0.2) is 0 Å². The molecule has 0 spiro atoms. The van der Waals surface area contributed by atoms with E-state index in [1.807, 2.05) is 0 Å². The molecule has 0 saturated carbocycles. The van der Waals surface area contributed by atoms with Gasteiger partial charge < -0.3 is 0 Å². The van der Waals surface area contributed by atoms with Crippen LogP contribution >= 0.6 is 0 Å². The van der Waals surface area contributed by atoms with Gasteiger partial charge in [0.15, 0.2) is 0 Å². The lowest BCUT2D eigenvalue weighted by Crippen LogP contribution is -2.01. The topological polar surface area (TPSA) is 0 Å². The zero-order valence-electron chi connectivity index (χ0n) is 9.22. The SMILES string of the molecule is CCCCC1C=CC=C1CC(C)C. The van der Waals surface area contributed by atoms with Crippen molar-refractivity contribution in [1.29, 1.82) is 0 Å². The third kappa shape index (κ3) is 3.38. The molecule has 0 amide bonds. The highest BCUT2D eigenvalue weighted by atomic mass is 14.2. The van der Waals surface area contributed by atoms with Crippen LogP contribution in [0.15, 0.2) is 23.8 Å². The van der Waals surface area contributed by atoms with E-state index < -0.39 is 0 Å². The summed E-state index contributed by atoms with van der Waals surface area (Å²) in [5.41, 5.74) is 1.66. The number of unbranched alkanes of at least 4 members (excludes halogenated alkanes) is 1. The van der Waals surface area contributed by atoms with Crippen LogP contribution in [-0.2, 0) is 0 Å². The first kappa shape index (κ1) is 10.6. The average molecular weight is 178 g/mol. The van der Waals surface area contributed by atoms with Crippen LogP contribution in [0.2, 0.25) is 0 Å². The Balaban J connectivity index is 2.37. The van der Waals surface area contributed by atoms with Gasteiger partial charge in [0.1, 0.15) is 0 Å². The van der Waals surface area contributed by atoms with Crippen LogP contribution < -0.4 is 0 Å². The van der Waals surface area contributed by atoms with E-state index >= 15 is 0 Å². The van der Waals surface area contributed by atoms with Crippen LogP contribution in [-0.4, -0.2) is 0 Å². The highest BCUT2D eigenvalue weighted by Crippen LogP contribution is 2.29. The van der Waals surface area contributed by atoms with Crippen LogP contribution in [0, 0.1) is 11.8 Å². The Morgan fingerprint density at radius 3 is 2.77 bits per heavy atom. The zero-order chi connectivity index (χ0) is 9.68. The minimum absolute atomic E-state index is 0.766. The summed E-state index contributed by atoms with van der Waals surface area (Å²) in [6.07, 6.45) is 12.2. The molecule has 1 aliphatic rings. The van der Waals surface area contributed by atoms with Crippen LogP contribution in [0.5, 0.6) is 0 Å². The Bertz CT molecular complexity index is 196. The quantitative estimate of drug-likeness (QED) is 0.587. The summed E-state index contributed by atoms with van der Waals surface area (Å²) in [6, 6.07) is 0. The van der Waals surface area contributed by atoms with E-state index in [-0.39, 0.29) is 0 Å². The monoisotopic (exact) mass is 178 g/mol. The summed E-state index contributed by atoms with van der Waals surface area (Å²) in [6.45, 7) is 6.87. The summed E-state index contributed by atoms with van der Waals surface area (Å²) < 4.78 is 0. The number of allylic oxidation sites excluding steroid dienone is 4. The normalized spacial score (nSPS) is 21.2. The van der Waals surface area contributed by atoms with Crippen molar-refractivity contribution in [3.05, 3.63) is 23.8 Å². The smallest absolute Gasteiger partial charge is 0.00169 e. The third-order valence-corrected chi connectivity index (χ3v) is 2.64. The van der Waals surface area contributed by atoms with Gasteiger partial charge in [-0.15, -0.1) is 0 Å². The Morgan fingerprint density at radius 1 is 1.38 bits per heavy atom. The lowest BCUT2D eigenvalue weighted by atomic mass is 9.90. The predicted octanol–water partition coefficient (Wildman–Crippen LogP) is 4.34. The maximum absolute atomic E-state index is 2.37. The summed E-state index contributed by atoms with van der Waals surface area (Å²) >= 11 is 0. The third-order valence-electron chi connectivity index (χ3n) is 2.64. The Morgan fingerprint density at radius 2 is 2.15 bits per heavy atom. The van der Waals surface area contributed by atoms with E-state index in [0.717, 1.165) is 11.8 Å². The van der Waals surface area contributed by atoms with Crippen molar-refractivity contribution < 1.29 is 0 Å². The van der Waals surface area contributed by atoms with Gasteiger partial charge in [-0.2, -0.15) is 0 Å². The largest absolute Gasteiger partial charge is 0.0773 e. The maximum atomic E-state index is 2.37. The zero-order valence-corrected chi connectivity index (χ0v) is 9.22. The molecule has 0 nitrogen and oxygen atoms in total. The van der Waals surface area contributed by atoms with Gasteiger partial charge in [0.25, 0.3) is 0 Å². The van der Waals surface area contributed by atoms with Crippen molar-refractivity contribution in [1.82, 2.24) is 0 Å². The standard InChI is InChI=1S/C13H22/c1-4-5-7-12-8-6-9-13(12)10-11(2)3/h6,8-9,11-12H,4-5,7,10H2,1-3H3. The minimum Gasteiger partial charge on any atom is -0.0773 e. The summed E-state index contributed by atoms with van der Waals surface area (Å²) in [5, 5.41) is 0. The van der Waals surface area contributed by atoms with Crippen LogP contribution in [0.25, 0.3) is 0 Å². The Kier molecular flexibility index (Phi) is 4.27. The molecule has 0 heteroatoms. The molecular weight excluding hydrogens is 156 g/mol. The van der Waals surface area contributed by atoms with E-state index in [1.54, 1.807) is 5.57 Å². The fourth-order valence-corrected chi connectivity index (χ4v) is 1.96. The first-order chi connectivity index (χ1) is 6.24. The fraction of sp³-hybridized carbons (Fsp3) is 0.692. The predicted molar refractivity (Wildman–Crippen MR) is 59.7 cm³/mol. The van der Waals surface area contributed by atoms with Crippen LogP contribution in [0.1, 0.15) is 46.5 Å². The van der Waals surface area contributed by atoms with Crippen molar-refractivity contribution in [2.24, 2.45) is 11.8 Å². The molecular formula is C13H22. The molecule has 0 aliphatic heterocycles. The van der Waals surface area contributed by atoms with E-state index in [4.69, 9.17) is 0 Å². The molecule has 13 heavy (non-hydrogen) atoms. The Hall–Kier alpha value is -0.520. The van der Waals surface area contributed by atoms with E-state index in [9.17, 15) is 0 Å². The van der Waals surface area contributed by atoms with E-state index in [2.05, 4.69) is 39.0 Å². The maximum Gasteiger partial charge on any atom is -0.00169 e. The van der Waals surface area contributed by atoms with Crippen LogP contribution in [0.4, 0.5) is 0 Å².